The molecule has 2 heterocycles. The second-order valence-electron chi connectivity index (χ2n) is 3.59. The summed E-state index contributed by atoms with van der Waals surface area (Å²) in [7, 11) is 0. The van der Waals surface area contributed by atoms with Crippen molar-refractivity contribution in [2.24, 2.45) is 0 Å². The van der Waals surface area contributed by atoms with Gasteiger partial charge in [0.25, 0.3) is 5.91 Å². The van der Waals surface area contributed by atoms with Gasteiger partial charge in [0.2, 0.25) is 0 Å². The van der Waals surface area contributed by atoms with E-state index in [0.717, 1.165) is 3.79 Å². The number of halogens is 1. The van der Waals surface area contributed by atoms with Crippen LogP contribution in [0.4, 0.5) is 10.8 Å². The van der Waals surface area contributed by atoms with Crippen molar-refractivity contribution in [2.75, 3.05) is 11.1 Å². The van der Waals surface area contributed by atoms with Crippen LogP contribution in [0, 0.1) is 6.92 Å². The fraction of sp³-hybridized carbons (Fsp3) is 0.300. The molecule has 0 aromatic carbocycles. The molecule has 2 aromatic heterocycles. The van der Waals surface area contributed by atoms with Crippen LogP contribution in [0.15, 0.2) is 9.98 Å². The average molecular weight is 330 g/mol. The van der Waals surface area contributed by atoms with Crippen molar-refractivity contribution in [3.05, 3.63) is 21.4 Å². The van der Waals surface area contributed by atoms with Crippen molar-refractivity contribution in [1.29, 1.82) is 0 Å². The Hall–Kier alpha value is -1.41. The monoisotopic (exact) mass is 329 g/mol. The molecule has 0 unspecified atom stereocenters. The highest BCUT2D eigenvalue weighted by molar-refractivity contribution is 9.11. The normalized spacial score (nSPS) is 10.6. The predicted molar refractivity (Wildman–Crippen MR) is 74.8 cm³/mol. The van der Waals surface area contributed by atoms with Crippen LogP contribution in [0.3, 0.4) is 0 Å². The highest BCUT2D eigenvalue weighted by Crippen LogP contribution is 2.24. The highest BCUT2D eigenvalue weighted by atomic mass is 79.9. The molecule has 0 radical (unpaired) electrons. The van der Waals surface area contributed by atoms with Gasteiger partial charge in [0.05, 0.1) is 21.4 Å². The SMILES string of the molecule is CCn1nc(C)c(N)c1C(=O)Nc1ncc(Br)s1. The fourth-order valence-electron chi connectivity index (χ4n) is 1.53. The molecule has 6 nitrogen and oxygen atoms in total. The first-order valence-corrected chi connectivity index (χ1v) is 6.89. The zero-order valence-corrected chi connectivity index (χ0v) is 12.3. The number of hydrogen-bond donors (Lipinski definition) is 2. The van der Waals surface area contributed by atoms with E-state index in [-0.39, 0.29) is 5.91 Å². The molecule has 1 amide bonds. The van der Waals surface area contributed by atoms with Crippen LogP contribution in [0.2, 0.25) is 0 Å². The van der Waals surface area contributed by atoms with Gasteiger partial charge < -0.3 is 5.73 Å². The number of anilines is 2. The molecule has 8 heteroatoms. The molecule has 3 N–H and O–H groups in total. The van der Waals surface area contributed by atoms with E-state index in [1.165, 1.54) is 11.3 Å². The first-order valence-electron chi connectivity index (χ1n) is 5.28. The van der Waals surface area contributed by atoms with Crippen LogP contribution in [0.5, 0.6) is 0 Å². The van der Waals surface area contributed by atoms with Gasteiger partial charge in [0.15, 0.2) is 5.13 Å². The van der Waals surface area contributed by atoms with Gasteiger partial charge in [-0.1, -0.05) is 11.3 Å². The van der Waals surface area contributed by atoms with Crippen LogP contribution < -0.4 is 11.1 Å². The third kappa shape index (κ3) is 2.39. The second-order valence-corrected chi connectivity index (χ2v) is 6.00. The Morgan fingerprint density at radius 3 is 2.94 bits per heavy atom. The molecule has 0 spiro atoms. The Morgan fingerprint density at radius 2 is 2.39 bits per heavy atom. The molecular weight excluding hydrogens is 318 g/mol. The van der Waals surface area contributed by atoms with Gasteiger partial charge in [0.1, 0.15) is 5.69 Å². The fourth-order valence-corrected chi connectivity index (χ4v) is 2.63. The summed E-state index contributed by atoms with van der Waals surface area (Å²) in [5.41, 5.74) is 7.31. The lowest BCUT2D eigenvalue weighted by atomic mass is 10.3. The van der Waals surface area contributed by atoms with Crippen LogP contribution >= 0.6 is 27.3 Å². The third-order valence-corrected chi connectivity index (χ3v) is 3.78. The smallest absolute Gasteiger partial charge is 0.277 e. The molecule has 0 saturated heterocycles. The number of hydrogen-bond acceptors (Lipinski definition) is 5. The average Bonchev–Trinajstić information content (AvgIpc) is 2.84. The van der Waals surface area contributed by atoms with Gasteiger partial charge in [0, 0.05) is 6.54 Å². The molecule has 0 aliphatic rings. The second kappa shape index (κ2) is 5.07. The Balaban J connectivity index is 2.28. The number of nitrogens with zero attached hydrogens (tertiary/aromatic N) is 3. The quantitative estimate of drug-likeness (QED) is 0.904. The number of nitrogens with one attached hydrogen (secondary N) is 1. The molecule has 18 heavy (non-hydrogen) atoms. The number of aromatic nitrogens is 3. The van der Waals surface area contributed by atoms with Crippen molar-refractivity contribution in [2.45, 2.75) is 20.4 Å². The van der Waals surface area contributed by atoms with Crippen LogP contribution in [0.25, 0.3) is 0 Å². The van der Waals surface area contributed by atoms with Crippen LogP contribution in [-0.4, -0.2) is 20.7 Å². The van der Waals surface area contributed by atoms with Gasteiger partial charge in [-0.2, -0.15) is 5.10 Å². The van der Waals surface area contributed by atoms with E-state index in [2.05, 4.69) is 31.3 Å². The van der Waals surface area contributed by atoms with Gasteiger partial charge >= 0.3 is 0 Å². The van der Waals surface area contributed by atoms with E-state index < -0.39 is 0 Å². The van der Waals surface area contributed by atoms with E-state index in [0.29, 0.717) is 28.8 Å². The predicted octanol–water partition coefficient (Wildman–Crippen LogP) is 2.26. The zero-order chi connectivity index (χ0) is 13.3. The number of amides is 1. The van der Waals surface area contributed by atoms with Crippen molar-refractivity contribution in [3.8, 4) is 0 Å². The lowest BCUT2D eigenvalue weighted by Crippen LogP contribution is -2.18. The highest BCUT2D eigenvalue weighted by Gasteiger charge is 2.19. The van der Waals surface area contributed by atoms with Crippen molar-refractivity contribution in [3.63, 3.8) is 0 Å². The molecule has 2 aromatic rings. The minimum absolute atomic E-state index is 0.295. The molecule has 0 atom stereocenters. The number of rotatable bonds is 3. The van der Waals surface area contributed by atoms with E-state index in [1.807, 2.05) is 6.92 Å². The summed E-state index contributed by atoms with van der Waals surface area (Å²) < 4.78 is 2.44. The first kappa shape index (κ1) is 13.0. The topological polar surface area (TPSA) is 85.8 Å². The van der Waals surface area contributed by atoms with Gasteiger partial charge in [-0.05, 0) is 29.8 Å². The number of carbonyl (C=O) groups excluding carboxylic acids is 1. The number of nitrogen functional groups attached to an aromatic ring is 1. The number of thiazole rings is 1. The Kier molecular flexibility index (Phi) is 3.67. The summed E-state index contributed by atoms with van der Waals surface area (Å²) in [5, 5.41) is 7.43. The largest absolute Gasteiger partial charge is 0.395 e. The molecular formula is C10H12BrN5OS. The summed E-state index contributed by atoms with van der Waals surface area (Å²) >= 11 is 4.63. The maximum absolute atomic E-state index is 12.1. The molecule has 0 fully saturated rings. The van der Waals surface area contributed by atoms with E-state index in [1.54, 1.807) is 17.8 Å². The Morgan fingerprint density at radius 1 is 1.67 bits per heavy atom. The number of aryl methyl sites for hydroxylation is 2. The minimum Gasteiger partial charge on any atom is -0.395 e. The van der Waals surface area contributed by atoms with Crippen LogP contribution in [0.1, 0.15) is 23.1 Å². The van der Waals surface area contributed by atoms with Gasteiger partial charge in [-0.25, -0.2) is 4.98 Å². The standard InChI is InChI=1S/C10H12BrN5OS/c1-3-16-8(7(12)5(2)15-16)9(17)14-10-13-4-6(11)18-10/h4H,3,12H2,1-2H3,(H,13,14,17). The Labute approximate surface area is 116 Å². The third-order valence-electron chi connectivity index (χ3n) is 2.39. The molecule has 0 aliphatic heterocycles. The van der Waals surface area contributed by atoms with Crippen LogP contribution in [-0.2, 0) is 6.54 Å². The lowest BCUT2D eigenvalue weighted by Gasteiger charge is -2.05. The lowest BCUT2D eigenvalue weighted by molar-refractivity contribution is 0.101. The summed E-state index contributed by atoms with van der Waals surface area (Å²) in [6.07, 6.45) is 1.63. The molecule has 2 rings (SSSR count). The summed E-state index contributed by atoms with van der Waals surface area (Å²) in [6, 6.07) is 0. The van der Waals surface area contributed by atoms with Crippen molar-refractivity contribution >= 4 is 44.0 Å². The number of carbonyl (C=O) groups is 1. The molecule has 0 saturated carbocycles. The molecule has 0 bridgehead atoms. The molecule has 0 aliphatic carbocycles. The summed E-state index contributed by atoms with van der Waals surface area (Å²) in [5.74, 6) is -0.295. The number of nitrogens with two attached hydrogens (primary N) is 1. The minimum atomic E-state index is -0.295. The summed E-state index contributed by atoms with van der Waals surface area (Å²) in [4.78, 5) is 16.2. The van der Waals surface area contributed by atoms with Crippen molar-refractivity contribution < 1.29 is 4.79 Å². The van der Waals surface area contributed by atoms with E-state index in [4.69, 9.17) is 5.73 Å². The van der Waals surface area contributed by atoms with Gasteiger partial charge in [-0.15, -0.1) is 0 Å². The Bertz CT molecular complexity index is 591. The van der Waals surface area contributed by atoms with E-state index in [9.17, 15) is 4.79 Å². The summed E-state index contributed by atoms with van der Waals surface area (Å²) in [6.45, 7) is 4.27. The van der Waals surface area contributed by atoms with Crippen molar-refractivity contribution in [1.82, 2.24) is 14.8 Å². The maximum atomic E-state index is 12.1. The zero-order valence-electron chi connectivity index (χ0n) is 9.90. The molecule has 96 valence electrons. The maximum Gasteiger partial charge on any atom is 0.277 e. The first-order chi connectivity index (χ1) is 8.52. The van der Waals surface area contributed by atoms with E-state index >= 15 is 0 Å². The van der Waals surface area contributed by atoms with Gasteiger partial charge in [-0.3, -0.25) is 14.8 Å².